The Bertz CT molecular complexity index is 248. The van der Waals surface area contributed by atoms with E-state index in [1.165, 1.54) is 7.11 Å². The molecule has 17 heavy (non-hydrogen) atoms. The van der Waals surface area contributed by atoms with E-state index >= 15 is 0 Å². The van der Waals surface area contributed by atoms with Crippen LogP contribution in [0.3, 0.4) is 0 Å². The Labute approximate surface area is 104 Å². The Hall–Kier alpha value is -1.06. The summed E-state index contributed by atoms with van der Waals surface area (Å²) in [6, 6.07) is 0. The highest BCUT2D eigenvalue weighted by Crippen LogP contribution is 2.22. The van der Waals surface area contributed by atoms with Gasteiger partial charge in [0.25, 0.3) is 0 Å². The normalized spacial score (nSPS) is 14.2. The first-order chi connectivity index (χ1) is 7.97. The van der Waals surface area contributed by atoms with E-state index in [1.807, 2.05) is 27.7 Å². The van der Waals surface area contributed by atoms with Gasteiger partial charge in [-0.1, -0.05) is 27.7 Å². The van der Waals surface area contributed by atoms with Gasteiger partial charge >= 0.3 is 11.9 Å². The minimum Gasteiger partial charge on any atom is -0.469 e. The molecule has 0 rings (SSSR count). The summed E-state index contributed by atoms with van der Waals surface area (Å²) in [7, 11) is 1.34. The molecular weight excluding hydrogens is 220 g/mol. The van der Waals surface area contributed by atoms with E-state index in [4.69, 9.17) is 9.47 Å². The van der Waals surface area contributed by atoms with Crippen LogP contribution >= 0.6 is 0 Å². The number of rotatable bonds is 7. The van der Waals surface area contributed by atoms with Gasteiger partial charge in [-0.05, 0) is 18.8 Å². The van der Waals surface area contributed by atoms with Crippen LogP contribution < -0.4 is 0 Å². The van der Waals surface area contributed by atoms with Crippen LogP contribution in [-0.2, 0) is 19.1 Å². The van der Waals surface area contributed by atoms with Gasteiger partial charge in [0.2, 0.25) is 0 Å². The molecule has 100 valence electrons. The predicted octanol–water partition coefficient (Wildman–Crippen LogP) is 2.41. The molecule has 0 spiro atoms. The standard InChI is InChI=1S/C13H24O4/c1-6-10(12(14)16-5)11(7-2)13(15)17-8-9(3)4/h9-11H,6-8H2,1-5H3. The number of hydrogen-bond donors (Lipinski definition) is 0. The zero-order chi connectivity index (χ0) is 13.4. The van der Waals surface area contributed by atoms with Crippen LogP contribution in [0.5, 0.6) is 0 Å². The van der Waals surface area contributed by atoms with Gasteiger partial charge in [-0.25, -0.2) is 0 Å². The molecule has 0 aromatic heterocycles. The summed E-state index contributed by atoms with van der Waals surface area (Å²) in [5, 5.41) is 0. The lowest BCUT2D eigenvalue weighted by atomic mass is 9.88. The fourth-order valence-electron chi connectivity index (χ4n) is 1.74. The topological polar surface area (TPSA) is 52.6 Å². The number of esters is 2. The van der Waals surface area contributed by atoms with Crippen LogP contribution in [0.15, 0.2) is 0 Å². The average Bonchev–Trinajstić information content (AvgIpc) is 2.31. The highest BCUT2D eigenvalue weighted by molar-refractivity contribution is 5.81. The second-order valence-corrected chi connectivity index (χ2v) is 4.58. The van der Waals surface area contributed by atoms with Gasteiger partial charge in [0.05, 0.1) is 25.6 Å². The number of carbonyl (C=O) groups is 2. The molecule has 0 aromatic rings. The van der Waals surface area contributed by atoms with Crippen LogP contribution in [-0.4, -0.2) is 25.7 Å². The second kappa shape index (κ2) is 8.09. The molecule has 0 heterocycles. The zero-order valence-corrected chi connectivity index (χ0v) is 11.5. The zero-order valence-electron chi connectivity index (χ0n) is 11.5. The van der Waals surface area contributed by atoms with Crippen molar-refractivity contribution in [3.05, 3.63) is 0 Å². The molecule has 0 radical (unpaired) electrons. The summed E-state index contributed by atoms with van der Waals surface area (Å²) in [6.07, 6.45) is 1.17. The first kappa shape index (κ1) is 15.9. The average molecular weight is 244 g/mol. The molecule has 2 unspecified atom stereocenters. The minimum absolute atomic E-state index is 0.293. The predicted molar refractivity (Wildman–Crippen MR) is 65.4 cm³/mol. The van der Waals surface area contributed by atoms with Crippen molar-refractivity contribution in [2.75, 3.05) is 13.7 Å². The Morgan fingerprint density at radius 2 is 1.47 bits per heavy atom. The van der Waals surface area contributed by atoms with Crippen LogP contribution in [0.1, 0.15) is 40.5 Å². The monoisotopic (exact) mass is 244 g/mol. The van der Waals surface area contributed by atoms with Crippen molar-refractivity contribution in [2.45, 2.75) is 40.5 Å². The Morgan fingerprint density at radius 1 is 1.00 bits per heavy atom. The summed E-state index contributed by atoms with van der Waals surface area (Å²) in [4.78, 5) is 23.4. The Morgan fingerprint density at radius 3 is 1.82 bits per heavy atom. The smallest absolute Gasteiger partial charge is 0.309 e. The maximum atomic E-state index is 11.9. The molecule has 0 aliphatic rings. The maximum Gasteiger partial charge on any atom is 0.309 e. The molecule has 0 aromatic carbocycles. The molecule has 4 nitrogen and oxygen atoms in total. The second-order valence-electron chi connectivity index (χ2n) is 4.58. The lowest BCUT2D eigenvalue weighted by molar-refractivity contribution is -0.160. The number of methoxy groups -OCH3 is 1. The van der Waals surface area contributed by atoms with Gasteiger partial charge in [-0.15, -0.1) is 0 Å². The Balaban J connectivity index is 4.56. The third-order valence-corrected chi connectivity index (χ3v) is 2.73. The molecule has 0 fully saturated rings. The molecule has 0 aliphatic carbocycles. The van der Waals surface area contributed by atoms with Crippen LogP contribution in [0.25, 0.3) is 0 Å². The highest BCUT2D eigenvalue weighted by Gasteiger charge is 2.33. The first-order valence-corrected chi connectivity index (χ1v) is 6.22. The van der Waals surface area contributed by atoms with Crippen molar-refractivity contribution >= 4 is 11.9 Å². The van der Waals surface area contributed by atoms with Gasteiger partial charge in [-0.3, -0.25) is 9.59 Å². The molecule has 2 atom stereocenters. The lowest BCUT2D eigenvalue weighted by Gasteiger charge is -2.21. The van der Waals surface area contributed by atoms with Gasteiger partial charge in [0.15, 0.2) is 0 Å². The van der Waals surface area contributed by atoms with E-state index in [0.717, 1.165) is 0 Å². The third-order valence-electron chi connectivity index (χ3n) is 2.73. The minimum atomic E-state index is -0.398. The Kier molecular flexibility index (Phi) is 7.59. The van der Waals surface area contributed by atoms with Gasteiger partial charge < -0.3 is 9.47 Å². The largest absolute Gasteiger partial charge is 0.469 e. The molecule has 4 heteroatoms. The fourth-order valence-corrected chi connectivity index (χ4v) is 1.74. The van der Waals surface area contributed by atoms with Crippen LogP contribution in [0.4, 0.5) is 0 Å². The van der Waals surface area contributed by atoms with Crippen LogP contribution in [0.2, 0.25) is 0 Å². The van der Waals surface area contributed by atoms with Crippen molar-refractivity contribution in [3.63, 3.8) is 0 Å². The summed E-state index contributed by atoms with van der Waals surface area (Å²) >= 11 is 0. The van der Waals surface area contributed by atoms with Crippen molar-refractivity contribution in [3.8, 4) is 0 Å². The molecule has 0 N–H and O–H groups in total. The summed E-state index contributed by atoms with van der Waals surface area (Å²) < 4.78 is 9.90. The molecule has 0 saturated carbocycles. The van der Waals surface area contributed by atoms with Crippen molar-refractivity contribution in [2.24, 2.45) is 17.8 Å². The summed E-state index contributed by atoms with van der Waals surface area (Å²) in [5.74, 6) is -1.12. The van der Waals surface area contributed by atoms with Gasteiger partial charge in [0, 0.05) is 0 Å². The molecular formula is C13H24O4. The molecule has 0 saturated heterocycles. The van der Waals surface area contributed by atoms with E-state index in [1.54, 1.807) is 0 Å². The van der Waals surface area contributed by atoms with Crippen LogP contribution in [0, 0.1) is 17.8 Å². The molecule has 0 bridgehead atoms. The number of carbonyl (C=O) groups excluding carboxylic acids is 2. The van der Waals surface area contributed by atoms with E-state index in [2.05, 4.69) is 0 Å². The van der Waals surface area contributed by atoms with Crippen molar-refractivity contribution < 1.29 is 19.1 Å². The third kappa shape index (κ3) is 5.20. The van der Waals surface area contributed by atoms with E-state index in [-0.39, 0.29) is 11.9 Å². The fraction of sp³-hybridized carbons (Fsp3) is 0.846. The van der Waals surface area contributed by atoms with Gasteiger partial charge in [0.1, 0.15) is 0 Å². The van der Waals surface area contributed by atoms with Crippen molar-refractivity contribution in [1.29, 1.82) is 0 Å². The number of hydrogen-bond acceptors (Lipinski definition) is 4. The lowest BCUT2D eigenvalue weighted by Crippen LogP contribution is -2.32. The SMILES string of the molecule is CCC(C(=O)OC)C(CC)C(=O)OCC(C)C. The molecule has 0 amide bonds. The molecule has 0 aliphatic heterocycles. The highest BCUT2D eigenvalue weighted by atomic mass is 16.5. The van der Waals surface area contributed by atoms with E-state index in [9.17, 15) is 9.59 Å². The van der Waals surface area contributed by atoms with Gasteiger partial charge in [-0.2, -0.15) is 0 Å². The summed E-state index contributed by atoms with van der Waals surface area (Å²) in [6.45, 7) is 8.11. The first-order valence-electron chi connectivity index (χ1n) is 6.22. The van der Waals surface area contributed by atoms with E-state index in [0.29, 0.717) is 25.4 Å². The maximum absolute atomic E-state index is 11.9. The summed E-state index contributed by atoms with van der Waals surface area (Å²) in [5.41, 5.74) is 0. The van der Waals surface area contributed by atoms with E-state index < -0.39 is 11.8 Å². The van der Waals surface area contributed by atoms with Crippen molar-refractivity contribution in [1.82, 2.24) is 0 Å². The number of ether oxygens (including phenoxy) is 2. The quantitative estimate of drug-likeness (QED) is 0.645.